The van der Waals surface area contributed by atoms with Crippen molar-refractivity contribution in [2.45, 2.75) is 70.6 Å². The topological polar surface area (TPSA) is 78.9 Å². The minimum Gasteiger partial charge on any atom is -0.444 e. The summed E-state index contributed by atoms with van der Waals surface area (Å²) in [7, 11) is 0. The highest BCUT2D eigenvalue weighted by Gasteiger charge is 2.39. The number of alkyl carbamates (subject to hydrolysis) is 1. The van der Waals surface area contributed by atoms with Crippen LogP contribution in [-0.4, -0.2) is 52.8 Å². The molecule has 2 fully saturated rings. The molecule has 1 saturated heterocycles. The van der Waals surface area contributed by atoms with Crippen molar-refractivity contribution >= 4 is 12.0 Å². The second-order valence-corrected chi connectivity index (χ2v) is 7.40. The molecular formula is C16H28N2O4. The molecule has 1 aliphatic carbocycles. The zero-order valence-corrected chi connectivity index (χ0v) is 13.8. The maximum absolute atomic E-state index is 12.2. The number of carbonyl (C=O) groups is 2. The Balaban J connectivity index is 1.99. The van der Waals surface area contributed by atoms with E-state index in [1.807, 2.05) is 25.7 Å². The number of nitrogens with zero attached hydrogens (tertiary/aromatic N) is 1. The van der Waals surface area contributed by atoms with Crippen molar-refractivity contribution in [1.82, 2.24) is 10.2 Å². The van der Waals surface area contributed by atoms with E-state index in [1.54, 1.807) is 0 Å². The molecule has 2 amide bonds. The zero-order valence-electron chi connectivity index (χ0n) is 13.8. The molecule has 6 heteroatoms. The predicted octanol–water partition coefficient (Wildman–Crippen LogP) is 1.66. The monoisotopic (exact) mass is 312 g/mol. The van der Waals surface area contributed by atoms with Crippen LogP contribution in [0.5, 0.6) is 0 Å². The summed E-state index contributed by atoms with van der Waals surface area (Å²) in [6.07, 6.45) is 3.84. The summed E-state index contributed by atoms with van der Waals surface area (Å²) >= 11 is 0. The minimum atomic E-state index is -0.528. The number of nitrogens with one attached hydrogen (secondary N) is 1. The summed E-state index contributed by atoms with van der Waals surface area (Å²) < 4.78 is 5.33. The molecule has 1 saturated carbocycles. The summed E-state index contributed by atoms with van der Waals surface area (Å²) in [5.41, 5.74) is -0.528. The molecule has 3 unspecified atom stereocenters. The molecule has 0 aromatic rings. The van der Waals surface area contributed by atoms with Gasteiger partial charge in [-0.05, 0) is 33.6 Å². The highest BCUT2D eigenvalue weighted by Crippen LogP contribution is 2.29. The lowest BCUT2D eigenvalue weighted by molar-refractivity contribution is -0.130. The summed E-state index contributed by atoms with van der Waals surface area (Å²) in [5, 5.41) is 12.2. The molecular weight excluding hydrogens is 284 g/mol. The Morgan fingerprint density at radius 3 is 2.64 bits per heavy atom. The van der Waals surface area contributed by atoms with Gasteiger partial charge < -0.3 is 20.1 Å². The van der Waals surface area contributed by atoms with Gasteiger partial charge in [0.1, 0.15) is 5.60 Å². The van der Waals surface area contributed by atoms with Gasteiger partial charge in [0.15, 0.2) is 0 Å². The smallest absolute Gasteiger partial charge is 0.407 e. The van der Waals surface area contributed by atoms with E-state index in [9.17, 15) is 14.7 Å². The van der Waals surface area contributed by atoms with Gasteiger partial charge in [-0.1, -0.05) is 12.8 Å². The summed E-state index contributed by atoms with van der Waals surface area (Å²) in [6, 6.07) is -0.0460. The maximum atomic E-state index is 12.2. The van der Waals surface area contributed by atoms with E-state index in [4.69, 9.17) is 4.74 Å². The van der Waals surface area contributed by atoms with Gasteiger partial charge in [0.25, 0.3) is 0 Å². The number of rotatable bonds is 3. The van der Waals surface area contributed by atoms with Crippen LogP contribution in [0.2, 0.25) is 0 Å². The average Bonchev–Trinajstić information content (AvgIpc) is 2.78. The van der Waals surface area contributed by atoms with Crippen molar-refractivity contribution in [3.05, 3.63) is 0 Å². The number of ether oxygens (including phenoxy) is 1. The SMILES string of the molecule is CC(C)(C)OC(=O)NC1CCCCC1N1CC(CO)CC1=O. The van der Waals surface area contributed by atoms with Crippen molar-refractivity contribution in [3.8, 4) is 0 Å². The van der Waals surface area contributed by atoms with Crippen molar-refractivity contribution in [3.63, 3.8) is 0 Å². The Labute approximate surface area is 132 Å². The van der Waals surface area contributed by atoms with Gasteiger partial charge in [-0.15, -0.1) is 0 Å². The number of amides is 2. The first kappa shape index (κ1) is 17.1. The van der Waals surface area contributed by atoms with Gasteiger partial charge >= 0.3 is 6.09 Å². The normalized spacial score (nSPS) is 29.5. The van der Waals surface area contributed by atoms with E-state index in [0.29, 0.717) is 13.0 Å². The van der Waals surface area contributed by atoms with Crippen molar-refractivity contribution in [2.75, 3.05) is 13.2 Å². The molecule has 2 rings (SSSR count). The Morgan fingerprint density at radius 2 is 2.05 bits per heavy atom. The summed E-state index contributed by atoms with van der Waals surface area (Å²) in [6.45, 7) is 6.13. The maximum Gasteiger partial charge on any atom is 0.407 e. The highest BCUT2D eigenvalue weighted by molar-refractivity contribution is 5.79. The largest absolute Gasteiger partial charge is 0.444 e. The van der Waals surface area contributed by atoms with E-state index < -0.39 is 11.7 Å². The van der Waals surface area contributed by atoms with Crippen molar-refractivity contribution < 1.29 is 19.4 Å². The number of aliphatic hydroxyl groups excluding tert-OH is 1. The second-order valence-electron chi connectivity index (χ2n) is 7.40. The standard InChI is InChI=1S/C16H28N2O4/c1-16(2,3)22-15(21)17-12-6-4-5-7-13(12)18-9-11(10-19)8-14(18)20/h11-13,19H,4-10H2,1-3H3,(H,17,21). The third kappa shape index (κ3) is 4.35. The summed E-state index contributed by atoms with van der Waals surface area (Å²) in [5.74, 6) is 0.110. The van der Waals surface area contributed by atoms with Crippen LogP contribution in [0.25, 0.3) is 0 Å². The molecule has 0 radical (unpaired) electrons. The molecule has 126 valence electrons. The number of hydrogen-bond acceptors (Lipinski definition) is 4. The molecule has 3 atom stereocenters. The van der Waals surface area contributed by atoms with Gasteiger partial charge in [0, 0.05) is 25.5 Å². The van der Waals surface area contributed by atoms with Crippen LogP contribution >= 0.6 is 0 Å². The van der Waals surface area contributed by atoms with Crippen LogP contribution < -0.4 is 5.32 Å². The molecule has 2 N–H and O–H groups in total. The van der Waals surface area contributed by atoms with Crippen molar-refractivity contribution in [1.29, 1.82) is 0 Å². The van der Waals surface area contributed by atoms with Crippen LogP contribution in [0.4, 0.5) is 4.79 Å². The first-order valence-corrected chi connectivity index (χ1v) is 8.20. The van der Waals surface area contributed by atoms with E-state index >= 15 is 0 Å². The minimum absolute atomic E-state index is 0.0188. The van der Waals surface area contributed by atoms with Gasteiger partial charge in [-0.25, -0.2) is 4.79 Å². The summed E-state index contributed by atoms with van der Waals surface area (Å²) in [4.78, 5) is 26.0. The third-order valence-electron chi connectivity index (χ3n) is 4.33. The predicted molar refractivity (Wildman–Crippen MR) is 82.3 cm³/mol. The molecule has 0 aromatic heterocycles. The fourth-order valence-electron chi connectivity index (χ4n) is 3.36. The Hall–Kier alpha value is -1.30. The molecule has 0 aromatic carbocycles. The highest BCUT2D eigenvalue weighted by atomic mass is 16.6. The Kier molecular flexibility index (Phi) is 5.32. The van der Waals surface area contributed by atoms with Gasteiger partial charge in [0.05, 0.1) is 12.1 Å². The lowest BCUT2D eigenvalue weighted by Crippen LogP contribution is -2.54. The fourth-order valence-corrected chi connectivity index (χ4v) is 3.36. The van der Waals surface area contributed by atoms with Gasteiger partial charge in [-0.3, -0.25) is 4.79 Å². The Bertz CT molecular complexity index is 419. The molecule has 0 spiro atoms. The molecule has 2 aliphatic rings. The van der Waals surface area contributed by atoms with Crippen LogP contribution in [0.1, 0.15) is 52.9 Å². The van der Waals surface area contributed by atoms with Crippen LogP contribution in [-0.2, 0) is 9.53 Å². The fraction of sp³-hybridized carbons (Fsp3) is 0.875. The number of likely N-dealkylation sites (tertiary alicyclic amines) is 1. The zero-order chi connectivity index (χ0) is 16.3. The molecule has 1 heterocycles. The quantitative estimate of drug-likeness (QED) is 0.831. The van der Waals surface area contributed by atoms with E-state index in [1.165, 1.54) is 0 Å². The molecule has 0 bridgehead atoms. The van der Waals surface area contributed by atoms with Gasteiger partial charge in [0.2, 0.25) is 5.91 Å². The molecule has 22 heavy (non-hydrogen) atoms. The number of aliphatic hydroxyl groups is 1. The second kappa shape index (κ2) is 6.86. The number of hydrogen-bond donors (Lipinski definition) is 2. The van der Waals surface area contributed by atoms with Crippen LogP contribution in [0, 0.1) is 5.92 Å². The number of carbonyl (C=O) groups excluding carboxylic acids is 2. The lowest BCUT2D eigenvalue weighted by atomic mass is 9.89. The molecule has 6 nitrogen and oxygen atoms in total. The van der Waals surface area contributed by atoms with Gasteiger partial charge in [-0.2, -0.15) is 0 Å². The first-order chi connectivity index (χ1) is 10.3. The van der Waals surface area contributed by atoms with Crippen LogP contribution in [0.15, 0.2) is 0 Å². The van der Waals surface area contributed by atoms with E-state index in [2.05, 4.69) is 5.32 Å². The average molecular weight is 312 g/mol. The Morgan fingerprint density at radius 1 is 1.36 bits per heavy atom. The van der Waals surface area contributed by atoms with E-state index in [0.717, 1.165) is 25.7 Å². The lowest BCUT2D eigenvalue weighted by Gasteiger charge is -2.38. The molecule has 1 aliphatic heterocycles. The van der Waals surface area contributed by atoms with Crippen molar-refractivity contribution in [2.24, 2.45) is 5.92 Å². The third-order valence-corrected chi connectivity index (χ3v) is 4.33. The first-order valence-electron chi connectivity index (χ1n) is 8.20. The van der Waals surface area contributed by atoms with E-state index in [-0.39, 0.29) is 30.5 Å². The van der Waals surface area contributed by atoms with Crippen LogP contribution in [0.3, 0.4) is 0 Å².